The molecule has 2 aromatic rings. The van der Waals surface area contributed by atoms with Crippen LogP contribution in [0.5, 0.6) is 0 Å². The molecule has 1 unspecified atom stereocenters. The molecule has 0 bridgehead atoms. The fraction of sp³-hybridized carbons (Fsp3) is 0.308. The van der Waals surface area contributed by atoms with E-state index >= 15 is 0 Å². The Bertz CT molecular complexity index is 567. The number of aromatic nitrogens is 3. The van der Waals surface area contributed by atoms with Crippen LogP contribution in [0.1, 0.15) is 12.0 Å². The highest BCUT2D eigenvalue weighted by molar-refractivity contribution is 8.00. The van der Waals surface area contributed by atoms with Crippen LogP contribution in [0.2, 0.25) is 0 Å². The van der Waals surface area contributed by atoms with Gasteiger partial charge in [-0.05, 0) is 25.5 Å². The molecule has 0 spiro atoms. The predicted molar refractivity (Wildman–Crippen MR) is 74.2 cm³/mol. The van der Waals surface area contributed by atoms with Gasteiger partial charge in [-0.1, -0.05) is 29.5 Å². The molecule has 3 rings (SSSR count). The van der Waals surface area contributed by atoms with Crippen LogP contribution in [0.3, 0.4) is 0 Å². The molecule has 1 N–H and O–H groups in total. The molecule has 1 aliphatic heterocycles. The van der Waals surface area contributed by atoms with E-state index in [-0.39, 0.29) is 11.2 Å². The van der Waals surface area contributed by atoms with Gasteiger partial charge in [-0.2, -0.15) is 10.3 Å². The average molecular weight is 274 g/mol. The molecule has 1 fully saturated rings. The number of hydrogen-bond donors (Lipinski definition) is 1. The number of amides is 1. The summed E-state index contributed by atoms with van der Waals surface area (Å²) in [4.78, 5) is 14.2. The van der Waals surface area contributed by atoms with Crippen molar-refractivity contribution in [2.24, 2.45) is 0 Å². The van der Waals surface area contributed by atoms with Gasteiger partial charge in [0.25, 0.3) is 0 Å². The maximum Gasteiger partial charge on any atom is 0.240 e. The first-order chi connectivity index (χ1) is 9.24. The number of carbonyl (C=O) groups excluding carboxylic acids is 1. The van der Waals surface area contributed by atoms with Crippen LogP contribution in [0, 0.1) is 6.92 Å². The van der Waals surface area contributed by atoms with Crippen molar-refractivity contribution in [1.82, 2.24) is 15.4 Å². The minimum atomic E-state index is -0.0635. The first kappa shape index (κ1) is 12.2. The Morgan fingerprint density at radius 1 is 1.37 bits per heavy atom. The zero-order chi connectivity index (χ0) is 13.2. The van der Waals surface area contributed by atoms with Gasteiger partial charge in [-0.25, -0.2) is 0 Å². The molecule has 0 aliphatic carbocycles. The molecule has 6 heteroatoms. The van der Waals surface area contributed by atoms with Crippen LogP contribution in [0.15, 0.2) is 35.5 Å². The van der Waals surface area contributed by atoms with E-state index in [0.29, 0.717) is 0 Å². The monoisotopic (exact) mass is 274 g/mol. The van der Waals surface area contributed by atoms with Crippen molar-refractivity contribution in [3.05, 3.63) is 36.0 Å². The Kier molecular flexibility index (Phi) is 3.25. The fourth-order valence-electron chi connectivity index (χ4n) is 2.14. The molecule has 1 aromatic heterocycles. The quantitative estimate of drug-likeness (QED) is 0.930. The minimum Gasteiger partial charge on any atom is -0.311 e. The second-order valence-corrected chi connectivity index (χ2v) is 5.75. The molecule has 2 heterocycles. The van der Waals surface area contributed by atoms with Crippen LogP contribution in [-0.4, -0.2) is 33.1 Å². The SMILES string of the molecule is Cc1ccc(N2CCC(Sc3cn[nH]n3)C2=O)cc1. The number of nitrogens with zero attached hydrogens (tertiary/aromatic N) is 3. The third-order valence-corrected chi connectivity index (χ3v) is 4.32. The van der Waals surface area contributed by atoms with E-state index in [2.05, 4.69) is 15.4 Å². The van der Waals surface area contributed by atoms with Gasteiger partial charge >= 0.3 is 0 Å². The van der Waals surface area contributed by atoms with Gasteiger partial charge in [0.2, 0.25) is 5.91 Å². The van der Waals surface area contributed by atoms with E-state index < -0.39 is 0 Å². The molecule has 1 saturated heterocycles. The third-order valence-electron chi connectivity index (χ3n) is 3.16. The highest BCUT2D eigenvalue weighted by Gasteiger charge is 2.33. The van der Waals surface area contributed by atoms with Crippen molar-refractivity contribution < 1.29 is 4.79 Å². The Labute approximate surface area is 115 Å². The summed E-state index contributed by atoms with van der Waals surface area (Å²) in [6, 6.07) is 8.05. The van der Waals surface area contributed by atoms with Crippen LogP contribution < -0.4 is 4.90 Å². The zero-order valence-corrected chi connectivity index (χ0v) is 11.4. The van der Waals surface area contributed by atoms with E-state index in [4.69, 9.17) is 0 Å². The molecule has 19 heavy (non-hydrogen) atoms. The Hall–Kier alpha value is -1.82. The molecule has 1 aromatic carbocycles. The van der Waals surface area contributed by atoms with Crippen molar-refractivity contribution in [1.29, 1.82) is 0 Å². The van der Waals surface area contributed by atoms with Gasteiger partial charge in [0.1, 0.15) is 5.03 Å². The summed E-state index contributed by atoms with van der Waals surface area (Å²) in [6.07, 6.45) is 2.48. The largest absolute Gasteiger partial charge is 0.311 e. The number of aryl methyl sites for hydroxylation is 1. The van der Waals surface area contributed by atoms with Crippen LogP contribution in [0.25, 0.3) is 0 Å². The normalized spacial score (nSPS) is 19.1. The first-order valence-electron chi connectivity index (χ1n) is 6.14. The summed E-state index contributed by atoms with van der Waals surface area (Å²) in [6.45, 7) is 2.80. The van der Waals surface area contributed by atoms with E-state index in [1.165, 1.54) is 17.3 Å². The number of benzene rings is 1. The third kappa shape index (κ3) is 2.49. The van der Waals surface area contributed by atoms with Crippen molar-refractivity contribution in [2.75, 3.05) is 11.4 Å². The van der Waals surface area contributed by atoms with E-state index in [1.807, 2.05) is 36.1 Å². The second kappa shape index (κ2) is 5.05. The Morgan fingerprint density at radius 3 is 2.84 bits per heavy atom. The number of H-pyrrole nitrogens is 1. The highest BCUT2D eigenvalue weighted by atomic mass is 32.2. The number of rotatable bonds is 3. The summed E-state index contributed by atoms with van der Waals surface area (Å²) >= 11 is 1.47. The lowest BCUT2D eigenvalue weighted by molar-refractivity contribution is -0.116. The lowest BCUT2D eigenvalue weighted by Gasteiger charge is -2.16. The van der Waals surface area contributed by atoms with Gasteiger partial charge < -0.3 is 4.90 Å². The summed E-state index contributed by atoms with van der Waals surface area (Å²) in [5.41, 5.74) is 2.17. The number of carbonyl (C=O) groups is 1. The number of nitrogens with one attached hydrogen (secondary N) is 1. The summed E-state index contributed by atoms with van der Waals surface area (Å²) in [5, 5.41) is 11.0. The molecular weight excluding hydrogens is 260 g/mol. The molecule has 0 radical (unpaired) electrons. The van der Waals surface area contributed by atoms with Gasteiger partial charge in [-0.15, -0.1) is 5.10 Å². The molecule has 1 amide bonds. The van der Waals surface area contributed by atoms with Gasteiger partial charge in [-0.3, -0.25) is 4.79 Å². The van der Waals surface area contributed by atoms with Crippen molar-refractivity contribution >= 4 is 23.4 Å². The second-order valence-electron chi connectivity index (χ2n) is 4.53. The fourth-order valence-corrected chi connectivity index (χ4v) is 3.09. The number of thioether (sulfide) groups is 1. The standard InChI is InChI=1S/C13H14N4OS/c1-9-2-4-10(5-3-9)17-7-6-11(13(17)18)19-12-8-14-16-15-12/h2-5,8,11H,6-7H2,1H3,(H,14,15,16). The zero-order valence-electron chi connectivity index (χ0n) is 10.5. The minimum absolute atomic E-state index is 0.0635. The molecule has 5 nitrogen and oxygen atoms in total. The van der Waals surface area contributed by atoms with E-state index in [0.717, 1.165) is 23.7 Å². The van der Waals surface area contributed by atoms with Gasteiger partial charge in [0.15, 0.2) is 0 Å². The first-order valence-corrected chi connectivity index (χ1v) is 7.02. The lowest BCUT2D eigenvalue weighted by atomic mass is 10.2. The molecule has 1 atom stereocenters. The summed E-state index contributed by atoms with van der Waals surface area (Å²) < 4.78 is 0. The molecule has 98 valence electrons. The molecular formula is C13H14N4OS. The maximum absolute atomic E-state index is 12.4. The van der Waals surface area contributed by atoms with Gasteiger partial charge in [0, 0.05) is 12.2 Å². The van der Waals surface area contributed by atoms with Crippen molar-refractivity contribution in [3.8, 4) is 0 Å². The average Bonchev–Trinajstić information content (AvgIpc) is 3.03. The predicted octanol–water partition coefficient (Wildman–Crippen LogP) is 2.01. The van der Waals surface area contributed by atoms with Crippen molar-refractivity contribution in [3.63, 3.8) is 0 Å². The number of anilines is 1. The maximum atomic E-state index is 12.4. The molecule has 1 aliphatic rings. The van der Waals surface area contributed by atoms with Crippen LogP contribution >= 0.6 is 11.8 Å². The Morgan fingerprint density at radius 2 is 2.16 bits per heavy atom. The lowest BCUT2D eigenvalue weighted by Crippen LogP contribution is -2.27. The molecule has 0 saturated carbocycles. The smallest absolute Gasteiger partial charge is 0.240 e. The number of hydrogen-bond acceptors (Lipinski definition) is 4. The van der Waals surface area contributed by atoms with Crippen molar-refractivity contribution in [2.45, 2.75) is 23.6 Å². The van der Waals surface area contributed by atoms with E-state index in [9.17, 15) is 4.79 Å². The summed E-state index contributed by atoms with van der Waals surface area (Å²) in [5.74, 6) is 0.150. The Balaban J connectivity index is 1.73. The number of aromatic amines is 1. The topological polar surface area (TPSA) is 61.9 Å². The summed E-state index contributed by atoms with van der Waals surface area (Å²) in [7, 11) is 0. The van der Waals surface area contributed by atoms with Crippen LogP contribution in [-0.2, 0) is 4.79 Å². The van der Waals surface area contributed by atoms with Gasteiger partial charge in [0.05, 0.1) is 11.4 Å². The van der Waals surface area contributed by atoms with Crippen LogP contribution in [0.4, 0.5) is 5.69 Å². The van der Waals surface area contributed by atoms with E-state index in [1.54, 1.807) is 6.20 Å². The highest BCUT2D eigenvalue weighted by Crippen LogP contribution is 2.31.